The van der Waals surface area contributed by atoms with Crippen molar-refractivity contribution in [2.75, 3.05) is 26.3 Å². The maximum atomic E-state index is 12.5. The van der Waals surface area contributed by atoms with Gasteiger partial charge in [0.25, 0.3) is 0 Å². The van der Waals surface area contributed by atoms with Gasteiger partial charge in [0.05, 0.1) is 23.6 Å². The maximum absolute atomic E-state index is 12.5. The molecule has 3 aliphatic rings. The molecule has 2 aliphatic carbocycles. The van der Waals surface area contributed by atoms with E-state index in [0.717, 1.165) is 59.9 Å². The first-order valence-corrected chi connectivity index (χ1v) is 9.01. The molecule has 4 nitrogen and oxygen atoms in total. The van der Waals surface area contributed by atoms with Crippen LogP contribution in [0.4, 0.5) is 0 Å². The van der Waals surface area contributed by atoms with Crippen molar-refractivity contribution in [1.29, 1.82) is 0 Å². The molecule has 22 heavy (non-hydrogen) atoms. The van der Waals surface area contributed by atoms with Gasteiger partial charge in [-0.05, 0) is 33.5 Å². The predicted octanol–water partition coefficient (Wildman–Crippen LogP) is 3.18. The second-order valence-electron chi connectivity index (χ2n) is 5.53. The zero-order chi connectivity index (χ0) is 15.1. The van der Waals surface area contributed by atoms with Crippen molar-refractivity contribution >= 4 is 38.6 Å². The van der Waals surface area contributed by atoms with Gasteiger partial charge in [0, 0.05) is 36.9 Å². The van der Waals surface area contributed by atoms with Crippen molar-refractivity contribution in [3.05, 3.63) is 44.0 Å². The summed E-state index contributed by atoms with van der Waals surface area (Å²) < 4.78 is 6.28. The summed E-state index contributed by atoms with van der Waals surface area (Å²) >= 11 is 5.12. The van der Waals surface area contributed by atoms with Gasteiger partial charge in [-0.15, -0.1) is 11.3 Å². The first-order chi connectivity index (χ1) is 10.7. The summed E-state index contributed by atoms with van der Waals surface area (Å²) in [7, 11) is 0. The van der Waals surface area contributed by atoms with Gasteiger partial charge >= 0.3 is 0 Å². The topological polar surface area (TPSA) is 42.4 Å². The van der Waals surface area contributed by atoms with Gasteiger partial charge in [0.1, 0.15) is 4.60 Å². The third kappa shape index (κ3) is 2.39. The third-order valence-corrected chi connectivity index (χ3v) is 6.06. The molecular formula is C16H15BrN2O2S. The van der Waals surface area contributed by atoms with Crippen LogP contribution in [0.1, 0.15) is 17.7 Å². The number of hydrogen-bond acceptors (Lipinski definition) is 5. The second kappa shape index (κ2) is 5.76. The quantitative estimate of drug-likeness (QED) is 0.792. The van der Waals surface area contributed by atoms with Crippen molar-refractivity contribution in [3.8, 4) is 0 Å². The number of ketones is 1. The van der Waals surface area contributed by atoms with E-state index in [-0.39, 0.29) is 5.78 Å². The Morgan fingerprint density at radius 1 is 1.27 bits per heavy atom. The van der Waals surface area contributed by atoms with Gasteiger partial charge in [0.2, 0.25) is 0 Å². The van der Waals surface area contributed by atoms with Crippen LogP contribution < -0.4 is 0 Å². The molecule has 0 atom stereocenters. The number of ether oxygens (including phenoxy) is 1. The van der Waals surface area contributed by atoms with E-state index in [9.17, 15) is 4.79 Å². The van der Waals surface area contributed by atoms with Gasteiger partial charge in [-0.2, -0.15) is 0 Å². The average Bonchev–Trinajstić information content (AvgIpc) is 3.14. The van der Waals surface area contributed by atoms with Gasteiger partial charge in [-0.1, -0.05) is 6.08 Å². The summed E-state index contributed by atoms with van der Waals surface area (Å²) in [5.41, 5.74) is 6.27. The molecule has 0 radical (unpaired) electrons. The molecule has 6 heteroatoms. The Balaban J connectivity index is 1.64. The molecule has 0 unspecified atom stereocenters. The van der Waals surface area contributed by atoms with E-state index >= 15 is 0 Å². The Bertz CT molecular complexity index is 726. The zero-order valence-electron chi connectivity index (χ0n) is 12.0. The lowest BCUT2D eigenvalue weighted by Crippen LogP contribution is -2.36. The lowest BCUT2D eigenvalue weighted by Gasteiger charge is -2.33. The van der Waals surface area contributed by atoms with Crippen LogP contribution in [0.5, 0.6) is 0 Å². The average molecular weight is 379 g/mol. The van der Waals surface area contributed by atoms with E-state index in [2.05, 4.69) is 31.9 Å². The molecule has 0 amide bonds. The second-order valence-corrected chi connectivity index (χ2v) is 7.13. The number of aromatic nitrogens is 1. The summed E-state index contributed by atoms with van der Waals surface area (Å²) in [6, 6.07) is 0. The van der Waals surface area contributed by atoms with Crippen LogP contribution in [-0.2, 0) is 9.53 Å². The summed E-state index contributed by atoms with van der Waals surface area (Å²) in [6.07, 6.45) is 5.55. The summed E-state index contributed by atoms with van der Waals surface area (Å²) in [6.45, 7) is 3.21. The number of thiazole rings is 1. The van der Waals surface area contributed by atoms with Crippen molar-refractivity contribution in [2.45, 2.75) is 12.8 Å². The summed E-state index contributed by atoms with van der Waals surface area (Å²) in [5.74, 6) is 0.162. The third-order valence-electron chi connectivity index (χ3n) is 4.34. The van der Waals surface area contributed by atoms with Crippen molar-refractivity contribution in [3.63, 3.8) is 0 Å². The summed E-state index contributed by atoms with van der Waals surface area (Å²) in [4.78, 5) is 20.2. The molecule has 0 aromatic carbocycles. The Kier molecular flexibility index (Phi) is 3.76. The van der Waals surface area contributed by atoms with E-state index in [1.807, 2.05) is 11.6 Å². The Labute approximate surface area is 141 Å². The SMILES string of the molecule is O=C1C=C(N2CCOCC2)CC2=C1CC=C2c1scnc1Br. The lowest BCUT2D eigenvalue weighted by atomic mass is 9.91. The van der Waals surface area contributed by atoms with Crippen LogP contribution in [0, 0.1) is 0 Å². The van der Waals surface area contributed by atoms with Crippen molar-refractivity contribution < 1.29 is 9.53 Å². The molecule has 1 fully saturated rings. The largest absolute Gasteiger partial charge is 0.378 e. The Morgan fingerprint density at radius 3 is 2.82 bits per heavy atom. The highest BCUT2D eigenvalue weighted by Crippen LogP contribution is 2.44. The molecule has 0 N–H and O–H groups in total. The van der Waals surface area contributed by atoms with Crippen LogP contribution in [0.3, 0.4) is 0 Å². The molecular weight excluding hydrogens is 364 g/mol. The number of morpholine rings is 1. The molecule has 0 spiro atoms. The van der Waals surface area contributed by atoms with E-state index in [0.29, 0.717) is 0 Å². The molecule has 0 saturated carbocycles. The fourth-order valence-electron chi connectivity index (χ4n) is 3.23. The normalized spacial score (nSPS) is 21.9. The molecule has 1 aromatic rings. The van der Waals surface area contributed by atoms with E-state index in [1.54, 1.807) is 11.3 Å². The predicted molar refractivity (Wildman–Crippen MR) is 89.5 cm³/mol. The minimum atomic E-state index is 0.162. The van der Waals surface area contributed by atoms with Gasteiger partial charge in [0.15, 0.2) is 5.78 Å². The number of nitrogens with zero attached hydrogens (tertiary/aromatic N) is 2. The smallest absolute Gasteiger partial charge is 0.184 e. The molecule has 1 aromatic heterocycles. The molecule has 1 aliphatic heterocycles. The van der Waals surface area contributed by atoms with Crippen molar-refractivity contribution in [1.82, 2.24) is 9.88 Å². The van der Waals surface area contributed by atoms with Crippen molar-refractivity contribution in [2.24, 2.45) is 0 Å². The molecule has 4 rings (SSSR count). The lowest BCUT2D eigenvalue weighted by molar-refractivity contribution is -0.111. The molecule has 1 saturated heterocycles. The number of allylic oxidation sites excluding steroid dienone is 5. The first kappa shape index (κ1) is 14.4. The number of halogens is 1. The van der Waals surface area contributed by atoms with Crippen LogP contribution in [0.15, 0.2) is 39.1 Å². The minimum absolute atomic E-state index is 0.162. The fraction of sp³-hybridized carbons (Fsp3) is 0.375. The molecule has 2 heterocycles. The monoisotopic (exact) mass is 378 g/mol. The van der Waals surface area contributed by atoms with E-state index < -0.39 is 0 Å². The van der Waals surface area contributed by atoms with Crippen LogP contribution in [0.2, 0.25) is 0 Å². The number of hydrogen-bond donors (Lipinski definition) is 0. The summed E-state index contributed by atoms with van der Waals surface area (Å²) in [5, 5.41) is 0. The highest BCUT2D eigenvalue weighted by atomic mass is 79.9. The Morgan fingerprint density at radius 2 is 2.09 bits per heavy atom. The van der Waals surface area contributed by atoms with E-state index in [4.69, 9.17) is 4.74 Å². The Hall–Kier alpha value is -1.24. The van der Waals surface area contributed by atoms with Gasteiger partial charge in [-0.3, -0.25) is 4.79 Å². The standard InChI is InChI=1S/C16H15BrN2O2S/c17-16-15(22-9-18-16)12-2-1-11-13(12)7-10(8-14(11)20)19-3-5-21-6-4-19/h2,8-9H,1,3-7H2. The highest BCUT2D eigenvalue weighted by molar-refractivity contribution is 9.10. The van der Waals surface area contributed by atoms with Crippen LogP contribution >= 0.6 is 27.3 Å². The number of carbonyl (C=O) groups is 1. The molecule has 0 bridgehead atoms. The highest BCUT2D eigenvalue weighted by Gasteiger charge is 2.30. The number of rotatable bonds is 2. The molecule has 114 valence electrons. The van der Waals surface area contributed by atoms with Crippen LogP contribution in [-0.4, -0.2) is 42.0 Å². The van der Waals surface area contributed by atoms with Gasteiger partial charge < -0.3 is 9.64 Å². The van der Waals surface area contributed by atoms with Gasteiger partial charge in [-0.25, -0.2) is 4.98 Å². The van der Waals surface area contributed by atoms with E-state index in [1.165, 1.54) is 11.1 Å². The first-order valence-electron chi connectivity index (χ1n) is 7.33. The maximum Gasteiger partial charge on any atom is 0.184 e. The fourth-order valence-corrected chi connectivity index (χ4v) is 4.70. The minimum Gasteiger partial charge on any atom is -0.378 e. The zero-order valence-corrected chi connectivity index (χ0v) is 14.4. The number of carbonyl (C=O) groups excluding carboxylic acids is 1. The van der Waals surface area contributed by atoms with Crippen LogP contribution in [0.25, 0.3) is 5.57 Å².